The lowest BCUT2D eigenvalue weighted by Gasteiger charge is -2.25. The van der Waals surface area contributed by atoms with Gasteiger partial charge < -0.3 is 14.7 Å². The maximum Gasteiger partial charge on any atom is 0.295 e. The zero-order chi connectivity index (χ0) is 25.8. The van der Waals surface area contributed by atoms with Crippen LogP contribution in [0.5, 0.6) is 5.75 Å². The van der Waals surface area contributed by atoms with Crippen LogP contribution in [-0.4, -0.2) is 31.7 Å². The minimum absolute atomic E-state index is 0.0404. The molecule has 1 fully saturated rings. The summed E-state index contributed by atoms with van der Waals surface area (Å²) >= 11 is 0. The number of rotatable bonds is 7. The lowest BCUT2D eigenvalue weighted by Crippen LogP contribution is -2.29. The molecule has 1 saturated heterocycles. The first-order valence-corrected chi connectivity index (χ1v) is 11.9. The Morgan fingerprint density at radius 1 is 0.892 bits per heavy atom. The molecule has 7 heteroatoms. The predicted molar refractivity (Wildman–Crippen MR) is 138 cm³/mol. The van der Waals surface area contributed by atoms with Crippen molar-refractivity contribution in [1.29, 1.82) is 0 Å². The van der Waals surface area contributed by atoms with Crippen molar-refractivity contribution < 1.29 is 19.4 Å². The van der Waals surface area contributed by atoms with Gasteiger partial charge in [0.25, 0.3) is 11.7 Å². The number of carbonyl (C=O) groups excluding carboxylic acids is 2. The van der Waals surface area contributed by atoms with E-state index in [1.165, 1.54) is 4.90 Å². The number of Topliss-reactive ketones (excluding diaryl/α,β-unsaturated/α-hetero) is 1. The van der Waals surface area contributed by atoms with E-state index < -0.39 is 17.7 Å². The van der Waals surface area contributed by atoms with Gasteiger partial charge in [-0.15, -0.1) is 0 Å². The number of aromatic nitrogens is 2. The zero-order valence-electron chi connectivity index (χ0n) is 20.2. The summed E-state index contributed by atoms with van der Waals surface area (Å²) in [5.74, 6) is -1.00. The molecule has 2 aromatic heterocycles. The minimum atomic E-state index is -0.756. The van der Waals surface area contributed by atoms with E-state index in [0.29, 0.717) is 23.5 Å². The van der Waals surface area contributed by atoms with Crippen LogP contribution in [0.25, 0.3) is 5.76 Å². The molecular formula is C30H25N3O4. The number of amides is 1. The summed E-state index contributed by atoms with van der Waals surface area (Å²) in [6.45, 7) is 2.64. The van der Waals surface area contributed by atoms with Gasteiger partial charge in [-0.1, -0.05) is 29.8 Å². The highest BCUT2D eigenvalue weighted by atomic mass is 16.5. The predicted octanol–water partition coefficient (Wildman–Crippen LogP) is 4.99. The van der Waals surface area contributed by atoms with Crippen molar-refractivity contribution in [2.45, 2.75) is 26.1 Å². The molecule has 1 unspecified atom stereocenters. The maximum absolute atomic E-state index is 13.2. The molecule has 184 valence electrons. The summed E-state index contributed by atoms with van der Waals surface area (Å²) < 4.78 is 5.88. The monoisotopic (exact) mass is 491 g/mol. The van der Waals surface area contributed by atoms with Gasteiger partial charge in [-0.05, 0) is 72.1 Å². The van der Waals surface area contributed by atoms with E-state index in [1.54, 1.807) is 73.3 Å². The third-order valence-corrected chi connectivity index (χ3v) is 6.28. The summed E-state index contributed by atoms with van der Waals surface area (Å²) in [5.41, 5.74) is 4.18. The van der Waals surface area contributed by atoms with E-state index in [0.717, 1.165) is 16.7 Å². The van der Waals surface area contributed by atoms with Crippen LogP contribution < -0.4 is 4.74 Å². The molecule has 0 spiro atoms. The van der Waals surface area contributed by atoms with Crippen molar-refractivity contribution in [2.24, 2.45) is 0 Å². The maximum atomic E-state index is 13.2. The van der Waals surface area contributed by atoms with Crippen molar-refractivity contribution in [2.75, 3.05) is 0 Å². The SMILES string of the molecule is Cc1cccc(COc2ccc(/C(O)=C3/C(=O)C(=O)N(Cc4ccncc4)C3c3ccncc3)cc2)c1. The van der Waals surface area contributed by atoms with Gasteiger partial charge >= 0.3 is 0 Å². The average Bonchev–Trinajstić information content (AvgIpc) is 3.18. The number of benzene rings is 2. The highest BCUT2D eigenvalue weighted by molar-refractivity contribution is 6.46. The van der Waals surface area contributed by atoms with Crippen LogP contribution in [0.3, 0.4) is 0 Å². The summed E-state index contributed by atoms with van der Waals surface area (Å²) in [6, 6.07) is 21.2. The van der Waals surface area contributed by atoms with Gasteiger partial charge in [-0.3, -0.25) is 19.6 Å². The Kier molecular flexibility index (Phi) is 6.76. The Hall–Kier alpha value is -4.78. The molecule has 37 heavy (non-hydrogen) atoms. The molecule has 1 atom stereocenters. The summed E-state index contributed by atoms with van der Waals surface area (Å²) in [5, 5.41) is 11.3. The number of nitrogens with zero attached hydrogens (tertiary/aromatic N) is 3. The second-order valence-corrected chi connectivity index (χ2v) is 8.87. The largest absolute Gasteiger partial charge is 0.507 e. The Balaban J connectivity index is 1.45. The smallest absolute Gasteiger partial charge is 0.295 e. The summed E-state index contributed by atoms with van der Waals surface area (Å²) in [6.07, 6.45) is 6.47. The average molecular weight is 492 g/mol. The third-order valence-electron chi connectivity index (χ3n) is 6.28. The van der Waals surface area contributed by atoms with E-state index in [2.05, 4.69) is 16.0 Å². The van der Waals surface area contributed by atoms with Crippen molar-refractivity contribution in [3.63, 3.8) is 0 Å². The third kappa shape index (κ3) is 5.11. The highest BCUT2D eigenvalue weighted by Crippen LogP contribution is 2.40. The van der Waals surface area contributed by atoms with Crippen LogP contribution in [0.1, 0.15) is 33.9 Å². The van der Waals surface area contributed by atoms with Gasteiger partial charge in [0.2, 0.25) is 0 Å². The van der Waals surface area contributed by atoms with Gasteiger partial charge in [0.1, 0.15) is 18.1 Å². The number of pyridine rings is 2. The van der Waals surface area contributed by atoms with Crippen LogP contribution in [0, 0.1) is 6.92 Å². The van der Waals surface area contributed by atoms with Crippen molar-refractivity contribution in [3.05, 3.63) is 131 Å². The molecule has 0 saturated carbocycles. The normalized spacial score (nSPS) is 16.7. The van der Waals surface area contributed by atoms with Gasteiger partial charge in [0.05, 0.1) is 11.6 Å². The number of carbonyl (C=O) groups is 2. The van der Waals surface area contributed by atoms with E-state index in [-0.39, 0.29) is 17.9 Å². The number of aliphatic hydroxyl groups excluding tert-OH is 1. The molecule has 7 nitrogen and oxygen atoms in total. The van der Waals surface area contributed by atoms with Crippen molar-refractivity contribution in [1.82, 2.24) is 14.9 Å². The molecule has 0 radical (unpaired) electrons. The Labute approximate surface area is 214 Å². The molecule has 0 aliphatic carbocycles. The Morgan fingerprint density at radius 2 is 1.57 bits per heavy atom. The number of aryl methyl sites for hydroxylation is 1. The fraction of sp³-hybridized carbons (Fsp3) is 0.133. The zero-order valence-corrected chi connectivity index (χ0v) is 20.2. The molecule has 0 bridgehead atoms. The fourth-order valence-electron chi connectivity index (χ4n) is 4.45. The quantitative estimate of drug-likeness (QED) is 0.223. The number of hydrogen-bond acceptors (Lipinski definition) is 6. The molecule has 2 aromatic carbocycles. The molecule has 5 rings (SSSR count). The Bertz CT molecular complexity index is 1450. The van der Waals surface area contributed by atoms with E-state index in [1.807, 2.05) is 25.1 Å². The molecule has 4 aromatic rings. The van der Waals surface area contributed by atoms with Crippen LogP contribution in [0.4, 0.5) is 0 Å². The first-order chi connectivity index (χ1) is 18.0. The lowest BCUT2D eigenvalue weighted by atomic mass is 9.96. The standard InChI is InChI=1S/C30H25N3O4/c1-20-3-2-4-22(17-20)19-37-25-7-5-24(6-8-25)28(34)26-27(23-11-15-32-16-12-23)33(30(36)29(26)35)18-21-9-13-31-14-10-21/h2-17,27,34H,18-19H2,1H3/b28-26-. The fourth-order valence-corrected chi connectivity index (χ4v) is 4.45. The lowest BCUT2D eigenvalue weighted by molar-refractivity contribution is -0.140. The number of likely N-dealkylation sites (tertiary alicyclic amines) is 1. The second kappa shape index (κ2) is 10.5. The molecular weight excluding hydrogens is 466 g/mol. The molecule has 1 aliphatic heterocycles. The topological polar surface area (TPSA) is 92.6 Å². The number of aliphatic hydroxyl groups is 1. The number of hydrogen-bond donors (Lipinski definition) is 1. The summed E-state index contributed by atoms with van der Waals surface area (Å²) in [4.78, 5) is 35.9. The van der Waals surface area contributed by atoms with Crippen molar-refractivity contribution in [3.8, 4) is 5.75 Å². The van der Waals surface area contributed by atoms with Crippen LogP contribution >= 0.6 is 0 Å². The highest BCUT2D eigenvalue weighted by Gasteiger charge is 2.46. The van der Waals surface area contributed by atoms with Gasteiger partial charge in [0.15, 0.2) is 0 Å². The first kappa shape index (κ1) is 23.9. The van der Waals surface area contributed by atoms with Gasteiger partial charge in [0, 0.05) is 36.9 Å². The van der Waals surface area contributed by atoms with Crippen LogP contribution in [0.15, 0.2) is 103 Å². The number of ether oxygens (including phenoxy) is 1. The first-order valence-electron chi connectivity index (χ1n) is 11.9. The van der Waals surface area contributed by atoms with Gasteiger partial charge in [-0.2, -0.15) is 0 Å². The molecule has 1 amide bonds. The molecule has 3 heterocycles. The second-order valence-electron chi connectivity index (χ2n) is 8.87. The van der Waals surface area contributed by atoms with Crippen LogP contribution in [-0.2, 0) is 22.7 Å². The Morgan fingerprint density at radius 3 is 2.24 bits per heavy atom. The minimum Gasteiger partial charge on any atom is -0.507 e. The van der Waals surface area contributed by atoms with E-state index >= 15 is 0 Å². The van der Waals surface area contributed by atoms with Crippen molar-refractivity contribution >= 4 is 17.4 Å². The molecule has 1 aliphatic rings. The van der Waals surface area contributed by atoms with Gasteiger partial charge in [-0.25, -0.2) is 0 Å². The van der Waals surface area contributed by atoms with E-state index in [9.17, 15) is 14.7 Å². The summed E-state index contributed by atoms with van der Waals surface area (Å²) in [7, 11) is 0. The molecule has 1 N–H and O–H groups in total. The number of ketones is 1. The van der Waals surface area contributed by atoms with Crippen LogP contribution in [0.2, 0.25) is 0 Å². The van der Waals surface area contributed by atoms with E-state index in [4.69, 9.17) is 4.74 Å².